The predicted octanol–water partition coefficient (Wildman–Crippen LogP) is 1.48. The molecular weight excluding hydrogens is 336 g/mol. The molecule has 1 fully saturated rings. The minimum absolute atomic E-state index is 0.207. The Bertz CT molecular complexity index is 753. The highest BCUT2D eigenvalue weighted by atomic mass is 32.2. The number of nitrogens with zero attached hydrogens (tertiary/aromatic N) is 3. The van der Waals surface area contributed by atoms with Gasteiger partial charge in [0.15, 0.2) is 0 Å². The molecule has 1 N–H and O–H groups in total. The molecular formula is C14H18N4O3S2. The number of hydrogen-bond donors (Lipinski definition) is 1. The number of sulfonamides is 1. The van der Waals surface area contributed by atoms with Crippen molar-refractivity contribution in [3.8, 4) is 0 Å². The third-order valence-electron chi connectivity index (χ3n) is 3.62. The van der Waals surface area contributed by atoms with Crippen LogP contribution in [0.2, 0.25) is 0 Å². The first kappa shape index (κ1) is 16.3. The zero-order chi connectivity index (χ0) is 16.3. The number of aryl methyl sites for hydroxylation is 1. The summed E-state index contributed by atoms with van der Waals surface area (Å²) in [5.41, 5.74) is 2.80. The normalized spacial score (nSPS) is 16.4. The van der Waals surface area contributed by atoms with Gasteiger partial charge in [-0.05, 0) is 19.1 Å². The van der Waals surface area contributed by atoms with Gasteiger partial charge in [0.2, 0.25) is 10.0 Å². The number of ether oxygens (including phenoxy) is 1. The number of rotatable bonds is 5. The third-order valence-corrected chi connectivity index (χ3v) is 6.44. The van der Waals surface area contributed by atoms with Gasteiger partial charge in [-0.15, -0.1) is 11.3 Å². The van der Waals surface area contributed by atoms with Crippen LogP contribution in [0.5, 0.6) is 0 Å². The summed E-state index contributed by atoms with van der Waals surface area (Å²) in [5.74, 6) is 0.638. The second kappa shape index (κ2) is 6.91. The van der Waals surface area contributed by atoms with Gasteiger partial charge < -0.3 is 10.1 Å². The number of morpholine rings is 1. The summed E-state index contributed by atoms with van der Waals surface area (Å²) < 4.78 is 31.6. The van der Waals surface area contributed by atoms with Crippen LogP contribution in [-0.4, -0.2) is 49.0 Å². The average Bonchev–Trinajstić information content (AvgIpc) is 2.99. The molecule has 9 heteroatoms. The molecule has 0 radical (unpaired) electrons. The zero-order valence-corrected chi connectivity index (χ0v) is 14.4. The molecule has 7 nitrogen and oxygen atoms in total. The zero-order valence-electron chi connectivity index (χ0n) is 12.7. The summed E-state index contributed by atoms with van der Waals surface area (Å²) in [6.45, 7) is 4.21. The van der Waals surface area contributed by atoms with Gasteiger partial charge in [-0.25, -0.2) is 18.4 Å². The Labute approximate surface area is 139 Å². The van der Waals surface area contributed by atoms with Crippen LogP contribution in [0, 0.1) is 6.92 Å². The van der Waals surface area contributed by atoms with Gasteiger partial charge in [0, 0.05) is 24.2 Å². The van der Waals surface area contributed by atoms with Crippen molar-refractivity contribution in [3.05, 3.63) is 34.4 Å². The van der Waals surface area contributed by atoms with Gasteiger partial charge in [-0.1, -0.05) is 0 Å². The molecule has 0 bridgehead atoms. The molecule has 0 aromatic carbocycles. The largest absolute Gasteiger partial charge is 0.379 e. The van der Waals surface area contributed by atoms with Crippen LogP contribution in [-0.2, 0) is 21.3 Å². The molecule has 124 valence electrons. The number of pyridine rings is 1. The summed E-state index contributed by atoms with van der Waals surface area (Å²) in [4.78, 5) is 9.74. The van der Waals surface area contributed by atoms with E-state index < -0.39 is 10.0 Å². The second-order valence-corrected chi connectivity index (χ2v) is 7.99. The molecule has 0 amide bonds. The van der Waals surface area contributed by atoms with Crippen molar-refractivity contribution in [3.63, 3.8) is 0 Å². The highest BCUT2D eigenvalue weighted by molar-refractivity contribution is 7.89. The highest BCUT2D eigenvalue weighted by Gasteiger charge is 2.26. The smallest absolute Gasteiger partial charge is 0.244 e. The third kappa shape index (κ3) is 3.69. The van der Waals surface area contributed by atoms with Crippen LogP contribution in [0.1, 0.15) is 10.6 Å². The lowest BCUT2D eigenvalue weighted by Gasteiger charge is -2.25. The van der Waals surface area contributed by atoms with Crippen molar-refractivity contribution in [1.82, 2.24) is 14.3 Å². The number of aromatic nitrogens is 2. The van der Waals surface area contributed by atoms with E-state index in [1.165, 1.54) is 10.5 Å². The maximum atomic E-state index is 12.5. The molecule has 0 aliphatic carbocycles. The fourth-order valence-corrected chi connectivity index (χ4v) is 4.31. The Kier molecular flexibility index (Phi) is 4.90. The first-order valence-electron chi connectivity index (χ1n) is 7.24. The van der Waals surface area contributed by atoms with Gasteiger partial charge in [0.05, 0.1) is 31.0 Å². The van der Waals surface area contributed by atoms with Gasteiger partial charge in [0.1, 0.15) is 10.7 Å². The van der Waals surface area contributed by atoms with Crippen LogP contribution in [0.15, 0.2) is 28.7 Å². The Morgan fingerprint density at radius 1 is 1.30 bits per heavy atom. The maximum Gasteiger partial charge on any atom is 0.244 e. The lowest BCUT2D eigenvalue weighted by molar-refractivity contribution is 0.0730. The fourth-order valence-electron chi connectivity index (χ4n) is 2.24. The van der Waals surface area contributed by atoms with Crippen molar-refractivity contribution < 1.29 is 13.2 Å². The molecule has 0 unspecified atom stereocenters. The summed E-state index contributed by atoms with van der Waals surface area (Å²) in [7, 11) is -3.49. The Balaban J connectivity index is 1.68. The van der Waals surface area contributed by atoms with Crippen LogP contribution in [0.4, 0.5) is 5.82 Å². The highest BCUT2D eigenvalue weighted by Crippen LogP contribution is 2.18. The van der Waals surface area contributed by atoms with Gasteiger partial charge in [-0.2, -0.15) is 4.31 Å². The van der Waals surface area contributed by atoms with Gasteiger partial charge >= 0.3 is 0 Å². The van der Waals surface area contributed by atoms with Crippen molar-refractivity contribution in [2.24, 2.45) is 0 Å². The van der Waals surface area contributed by atoms with E-state index in [1.54, 1.807) is 29.0 Å². The Morgan fingerprint density at radius 2 is 2.09 bits per heavy atom. The minimum Gasteiger partial charge on any atom is -0.379 e. The molecule has 1 saturated heterocycles. The molecule has 3 rings (SSSR count). The van der Waals surface area contributed by atoms with Crippen LogP contribution < -0.4 is 5.32 Å². The molecule has 2 aromatic heterocycles. The topological polar surface area (TPSA) is 84.4 Å². The Morgan fingerprint density at radius 3 is 2.70 bits per heavy atom. The van der Waals surface area contributed by atoms with Crippen LogP contribution >= 0.6 is 11.3 Å². The van der Waals surface area contributed by atoms with Crippen molar-refractivity contribution in [2.75, 3.05) is 31.6 Å². The van der Waals surface area contributed by atoms with E-state index in [4.69, 9.17) is 4.74 Å². The van der Waals surface area contributed by atoms with Crippen molar-refractivity contribution >= 4 is 27.2 Å². The molecule has 0 atom stereocenters. The molecule has 3 heterocycles. The molecule has 0 spiro atoms. The molecule has 23 heavy (non-hydrogen) atoms. The van der Waals surface area contributed by atoms with Crippen molar-refractivity contribution in [2.45, 2.75) is 18.4 Å². The van der Waals surface area contributed by atoms with Crippen molar-refractivity contribution in [1.29, 1.82) is 0 Å². The summed E-state index contributed by atoms with van der Waals surface area (Å²) in [6, 6.07) is 3.27. The summed E-state index contributed by atoms with van der Waals surface area (Å²) in [5, 5.41) is 3.18. The van der Waals surface area contributed by atoms with Crippen LogP contribution in [0.25, 0.3) is 0 Å². The number of nitrogens with one attached hydrogen (secondary N) is 1. The maximum absolute atomic E-state index is 12.5. The molecule has 1 aliphatic rings. The first-order chi connectivity index (χ1) is 11.1. The quantitative estimate of drug-likeness (QED) is 0.875. The van der Waals surface area contributed by atoms with E-state index in [9.17, 15) is 8.42 Å². The number of hydrogen-bond acceptors (Lipinski definition) is 7. The van der Waals surface area contributed by atoms with Gasteiger partial charge in [0.25, 0.3) is 0 Å². The monoisotopic (exact) mass is 354 g/mol. The summed E-state index contributed by atoms with van der Waals surface area (Å²) >= 11 is 1.58. The van der Waals surface area contributed by atoms with E-state index in [0.717, 1.165) is 10.6 Å². The number of anilines is 1. The molecule has 2 aromatic rings. The average molecular weight is 354 g/mol. The second-order valence-electron chi connectivity index (χ2n) is 5.11. The minimum atomic E-state index is -3.49. The van der Waals surface area contributed by atoms with Gasteiger partial charge in [-0.3, -0.25) is 0 Å². The van der Waals surface area contributed by atoms with E-state index in [-0.39, 0.29) is 4.90 Å². The Hall–Kier alpha value is -1.55. The predicted molar refractivity (Wildman–Crippen MR) is 88.0 cm³/mol. The lowest BCUT2D eigenvalue weighted by atomic mass is 10.4. The standard InChI is InChI=1S/C14H18N4O3S2/c1-11-13(22-10-17-11)9-16-14-3-2-12(8-15-14)23(19,20)18-4-6-21-7-5-18/h2-3,8,10H,4-7,9H2,1H3,(H,15,16). The SMILES string of the molecule is Cc1ncsc1CNc1ccc(S(=O)(=O)N2CCOCC2)cn1. The lowest BCUT2D eigenvalue weighted by Crippen LogP contribution is -2.40. The van der Waals surface area contributed by atoms with E-state index in [2.05, 4.69) is 15.3 Å². The summed E-state index contributed by atoms with van der Waals surface area (Å²) in [6.07, 6.45) is 1.40. The van der Waals surface area contributed by atoms with E-state index >= 15 is 0 Å². The fraction of sp³-hybridized carbons (Fsp3) is 0.429. The molecule has 0 saturated carbocycles. The first-order valence-corrected chi connectivity index (χ1v) is 9.56. The molecule has 1 aliphatic heterocycles. The number of thiazole rings is 1. The van der Waals surface area contributed by atoms with E-state index in [0.29, 0.717) is 38.7 Å². The van der Waals surface area contributed by atoms with E-state index in [1.807, 2.05) is 6.92 Å². The van der Waals surface area contributed by atoms with Crippen LogP contribution in [0.3, 0.4) is 0 Å².